The highest BCUT2D eigenvalue weighted by Gasteiger charge is 2.00. The number of ether oxygens (including phenoxy) is 1. The molecule has 4 nitrogen and oxygen atoms in total. The minimum Gasteiger partial charge on any atom is -0.466 e. The first kappa shape index (κ1) is 19.0. The monoisotopic (exact) mass is 250 g/mol. The third kappa shape index (κ3) is 15.1. The van der Waals surface area contributed by atoms with Crippen LogP contribution in [-0.2, 0) is 9.53 Å². The highest BCUT2D eigenvalue weighted by atomic mass is 35.5. The molecule has 0 aromatic rings. The van der Waals surface area contributed by atoms with Crippen molar-refractivity contribution >= 4 is 42.7 Å². The lowest BCUT2D eigenvalue weighted by Crippen LogP contribution is -2.10. The van der Waals surface area contributed by atoms with Gasteiger partial charge in [-0.15, -0.1) is 24.8 Å². The van der Waals surface area contributed by atoms with E-state index in [1.54, 1.807) is 0 Å². The largest absolute Gasteiger partial charge is 0.466 e. The molecular formula is C6H16Cl2N2O2S. The van der Waals surface area contributed by atoms with Crippen molar-refractivity contribution in [2.24, 2.45) is 10.9 Å². The van der Waals surface area contributed by atoms with Crippen LogP contribution in [-0.4, -0.2) is 24.9 Å². The standard InChI is InChI=1S/C6H14N2O2S.2ClH/c7-3-1-4-10-6(9)2-5-11-8;;/h1-5,7-8H2;2*1H. The lowest BCUT2D eigenvalue weighted by molar-refractivity contribution is -0.143. The van der Waals surface area contributed by atoms with Gasteiger partial charge in [-0.25, -0.2) is 0 Å². The van der Waals surface area contributed by atoms with Crippen LogP contribution in [0.3, 0.4) is 0 Å². The van der Waals surface area contributed by atoms with Gasteiger partial charge in [-0.2, -0.15) is 0 Å². The van der Waals surface area contributed by atoms with Crippen molar-refractivity contribution in [2.45, 2.75) is 12.8 Å². The number of esters is 1. The Labute approximate surface area is 95.1 Å². The predicted octanol–water partition coefficient (Wildman–Crippen LogP) is 0.719. The number of hydrogen-bond acceptors (Lipinski definition) is 5. The van der Waals surface area contributed by atoms with Gasteiger partial charge < -0.3 is 10.5 Å². The summed E-state index contributed by atoms with van der Waals surface area (Å²) in [5.41, 5.74) is 5.20. The van der Waals surface area contributed by atoms with Crippen molar-refractivity contribution in [1.82, 2.24) is 0 Å². The maximum atomic E-state index is 10.7. The highest BCUT2D eigenvalue weighted by Crippen LogP contribution is 1.94. The molecule has 0 radical (unpaired) electrons. The van der Waals surface area contributed by atoms with Crippen LogP contribution in [0.5, 0.6) is 0 Å². The van der Waals surface area contributed by atoms with E-state index in [2.05, 4.69) is 0 Å². The smallest absolute Gasteiger partial charge is 0.306 e. The highest BCUT2D eigenvalue weighted by molar-refractivity contribution is 7.97. The van der Waals surface area contributed by atoms with Crippen LogP contribution in [0.4, 0.5) is 0 Å². The third-order valence-electron chi connectivity index (χ3n) is 1.04. The lowest BCUT2D eigenvalue weighted by atomic mass is 10.4. The molecule has 0 saturated heterocycles. The van der Waals surface area contributed by atoms with Gasteiger partial charge in [0, 0.05) is 5.75 Å². The number of carbonyl (C=O) groups is 1. The van der Waals surface area contributed by atoms with E-state index in [0.717, 1.165) is 18.4 Å². The van der Waals surface area contributed by atoms with Crippen molar-refractivity contribution in [3.63, 3.8) is 0 Å². The fraction of sp³-hybridized carbons (Fsp3) is 0.833. The second kappa shape index (κ2) is 14.8. The predicted molar refractivity (Wildman–Crippen MR) is 60.4 cm³/mol. The van der Waals surface area contributed by atoms with E-state index < -0.39 is 0 Å². The van der Waals surface area contributed by atoms with Gasteiger partial charge in [0.2, 0.25) is 0 Å². The van der Waals surface area contributed by atoms with E-state index >= 15 is 0 Å². The molecule has 0 saturated carbocycles. The van der Waals surface area contributed by atoms with Crippen LogP contribution in [0.2, 0.25) is 0 Å². The summed E-state index contributed by atoms with van der Waals surface area (Å²) >= 11 is 1.14. The molecule has 0 rings (SSSR count). The van der Waals surface area contributed by atoms with Crippen molar-refractivity contribution in [3.8, 4) is 0 Å². The van der Waals surface area contributed by atoms with Crippen LogP contribution in [0.15, 0.2) is 0 Å². The van der Waals surface area contributed by atoms with Crippen molar-refractivity contribution in [2.75, 3.05) is 18.9 Å². The molecule has 0 aromatic heterocycles. The first-order chi connectivity index (χ1) is 5.31. The van der Waals surface area contributed by atoms with Crippen LogP contribution >= 0.6 is 36.8 Å². The molecule has 0 unspecified atom stereocenters. The Morgan fingerprint density at radius 2 is 2.00 bits per heavy atom. The zero-order valence-electron chi connectivity index (χ0n) is 7.23. The molecule has 4 N–H and O–H groups in total. The molecule has 0 amide bonds. The summed E-state index contributed by atoms with van der Waals surface area (Å²) in [5.74, 6) is 0.415. The fourth-order valence-corrected chi connectivity index (χ4v) is 0.768. The Morgan fingerprint density at radius 1 is 1.38 bits per heavy atom. The Balaban J connectivity index is -0.000000500. The summed E-state index contributed by atoms with van der Waals surface area (Å²) in [4.78, 5) is 10.7. The zero-order valence-corrected chi connectivity index (χ0v) is 9.68. The molecule has 7 heteroatoms. The Morgan fingerprint density at radius 3 is 2.46 bits per heavy atom. The van der Waals surface area contributed by atoms with Gasteiger partial charge in [0.05, 0.1) is 13.0 Å². The molecule has 0 aliphatic carbocycles. The molecular weight excluding hydrogens is 235 g/mol. The normalized spacial score (nSPS) is 8.15. The van der Waals surface area contributed by atoms with Crippen molar-refractivity contribution in [1.29, 1.82) is 0 Å². The molecule has 82 valence electrons. The van der Waals surface area contributed by atoms with Crippen LogP contribution in [0, 0.1) is 0 Å². The molecule has 0 fully saturated rings. The van der Waals surface area contributed by atoms with Crippen molar-refractivity contribution in [3.05, 3.63) is 0 Å². The van der Waals surface area contributed by atoms with E-state index in [4.69, 9.17) is 15.6 Å². The van der Waals surface area contributed by atoms with Crippen LogP contribution in [0.25, 0.3) is 0 Å². The van der Waals surface area contributed by atoms with Gasteiger partial charge in [0.25, 0.3) is 0 Å². The first-order valence-electron chi connectivity index (χ1n) is 3.48. The molecule has 0 bridgehead atoms. The topological polar surface area (TPSA) is 78.3 Å². The summed E-state index contributed by atoms with van der Waals surface area (Å²) in [5, 5.41) is 5.12. The minimum absolute atomic E-state index is 0. The van der Waals surface area contributed by atoms with E-state index in [9.17, 15) is 4.79 Å². The molecule has 0 aromatic carbocycles. The zero-order chi connectivity index (χ0) is 8.53. The minimum atomic E-state index is -0.198. The summed E-state index contributed by atoms with van der Waals surface area (Å²) in [6, 6.07) is 0. The second-order valence-corrected chi connectivity index (χ2v) is 2.73. The van der Waals surface area contributed by atoms with E-state index in [-0.39, 0.29) is 30.8 Å². The SMILES string of the molecule is Cl.Cl.NCCCOC(=O)CCSN. The molecule has 13 heavy (non-hydrogen) atoms. The molecule has 0 aliphatic rings. The van der Waals surface area contributed by atoms with Gasteiger partial charge >= 0.3 is 5.97 Å². The lowest BCUT2D eigenvalue weighted by Gasteiger charge is -2.01. The first-order valence-corrected chi connectivity index (χ1v) is 4.53. The number of halogens is 2. The van der Waals surface area contributed by atoms with E-state index in [1.165, 1.54) is 0 Å². The third-order valence-corrected chi connectivity index (χ3v) is 1.48. The average Bonchev–Trinajstić information content (AvgIpc) is 2.01. The summed E-state index contributed by atoms with van der Waals surface area (Å²) in [6.07, 6.45) is 1.10. The number of carbonyl (C=O) groups excluding carboxylic acids is 1. The second-order valence-electron chi connectivity index (χ2n) is 1.98. The Hall–Kier alpha value is 0.320. The van der Waals surface area contributed by atoms with Gasteiger partial charge in [-0.3, -0.25) is 9.93 Å². The molecule has 0 heterocycles. The summed E-state index contributed by atoms with van der Waals surface area (Å²) in [7, 11) is 0. The van der Waals surface area contributed by atoms with E-state index in [1.807, 2.05) is 0 Å². The maximum absolute atomic E-state index is 10.7. The van der Waals surface area contributed by atoms with Gasteiger partial charge in [-0.05, 0) is 13.0 Å². The number of hydrogen-bond donors (Lipinski definition) is 2. The molecule has 0 spiro atoms. The maximum Gasteiger partial charge on any atom is 0.306 e. The van der Waals surface area contributed by atoms with Crippen LogP contribution < -0.4 is 10.9 Å². The number of rotatable bonds is 6. The number of nitrogens with two attached hydrogens (primary N) is 2. The molecule has 0 aliphatic heterocycles. The van der Waals surface area contributed by atoms with Gasteiger partial charge in [0.15, 0.2) is 0 Å². The van der Waals surface area contributed by atoms with Crippen molar-refractivity contribution < 1.29 is 9.53 Å². The summed E-state index contributed by atoms with van der Waals surface area (Å²) in [6.45, 7) is 0.976. The van der Waals surface area contributed by atoms with E-state index in [0.29, 0.717) is 25.3 Å². The Kier molecular flexibility index (Phi) is 21.6. The van der Waals surface area contributed by atoms with Gasteiger partial charge in [-0.1, -0.05) is 11.9 Å². The van der Waals surface area contributed by atoms with Gasteiger partial charge in [0.1, 0.15) is 0 Å². The Bertz CT molecular complexity index is 119. The van der Waals surface area contributed by atoms with Crippen LogP contribution in [0.1, 0.15) is 12.8 Å². The quantitative estimate of drug-likeness (QED) is 0.413. The average molecular weight is 251 g/mol. The summed E-state index contributed by atoms with van der Waals surface area (Å²) < 4.78 is 4.80. The fourth-order valence-electron chi connectivity index (χ4n) is 0.484. The molecule has 0 atom stereocenters.